The van der Waals surface area contributed by atoms with Crippen molar-refractivity contribution in [2.75, 3.05) is 0 Å². The highest BCUT2D eigenvalue weighted by Crippen LogP contribution is 2.24. The molecule has 17 heavy (non-hydrogen) atoms. The Labute approximate surface area is 107 Å². The lowest BCUT2D eigenvalue weighted by Gasteiger charge is -2.11. The van der Waals surface area contributed by atoms with Gasteiger partial charge in [-0.1, -0.05) is 15.9 Å². The van der Waals surface area contributed by atoms with Crippen LogP contribution in [0.4, 0.5) is 4.39 Å². The molecule has 0 aliphatic rings. The minimum absolute atomic E-state index is 0.295. The smallest absolute Gasteiger partial charge is 0.129 e. The zero-order valence-electron chi connectivity index (χ0n) is 9.27. The molecule has 1 N–H and O–H groups in total. The number of aromatic nitrogens is 2. The second-order valence-corrected chi connectivity index (χ2v) is 4.82. The van der Waals surface area contributed by atoms with Crippen LogP contribution in [-0.2, 0) is 13.5 Å². The number of hydrogen-bond donors (Lipinski definition) is 1. The molecule has 0 aliphatic heterocycles. The summed E-state index contributed by atoms with van der Waals surface area (Å²) in [6.45, 7) is 0. The molecule has 1 atom stereocenters. The fourth-order valence-corrected chi connectivity index (χ4v) is 2.06. The lowest BCUT2D eigenvalue weighted by molar-refractivity contribution is 0.173. The van der Waals surface area contributed by atoms with Gasteiger partial charge in [0.05, 0.1) is 12.3 Å². The first-order chi connectivity index (χ1) is 8.06. The van der Waals surface area contributed by atoms with E-state index in [1.807, 2.05) is 0 Å². The van der Waals surface area contributed by atoms with E-state index in [9.17, 15) is 9.50 Å². The highest BCUT2D eigenvalue weighted by Gasteiger charge is 2.14. The Morgan fingerprint density at radius 1 is 1.53 bits per heavy atom. The Bertz CT molecular complexity index is 527. The standard InChI is InChI=1S/C12H12BrFN2O/c1-16-7-8(6-15-16)4-12(17)10-5-9(13)2-3-11(10)14/h2-3,5-7,12,17H,4H2,1H3. The van der Waals surface area contributed by atoms with Crippen molar-refractivity contribution in [2.24, 2.45) is 7.05 Å². The number of rotatable bonds is 3. The van der Waals surface area contributed by atoms with E-state index in [2.05, 4.69) is 21.0 Å². The Morgan fingerprint density at radius 2 is 2.29 bits per heavy atom. The molecule has 1 aromatic heterocycles. The maximum Gasteiger partial charge on any atom is 0.129 e. The van der Waals surface area contributed by atoms with Crippen molar-refractivity contribution < 1.29 is 9.50 Å². The Kier molecular flexibility index (Phi) is 3.59. The highest BCUT2D eigenvalue weighted by atomic mass is 79.9. The third-order valence-electron chi connectivity index (χ3n) is 2.50. The molecule has 0 fully saturated rings. The molecule has 0 spiro atoms. The summed E-state index contributed by atoms with van der Waals surface area (Å²) in [5.74, 6) is -0.399. The second kappa shape index (κ2) is 4.98. The van der Waals surface area contributed by atoms with Crippen molar-refractivity contribution in [1.29, 1.82) is 0 Å². The molecule has 1 heterocycles. The fraction of sp³-hybridized carbons (Fsp3) is 0.250. The molecular weight excluding hydrogens is 287 g/mol. The summed E-state index contributed by atoms with van der Waals surface area (Å²) in [5, 5.41) is 14.0. The molecule has 3 nitrogen and oxygen atoms in total. The lowest BCUT2D eigenvalue weighted by Crippen LogP contribution is -2.04. The first kappa shape index (κ1) is 12.3. The van der Waals surface area contributed by atoms with Gasteiger partial charge in [-0.25, -0.2) is 4.39 Å². The molecule has 0 saturated carbocycles. The maximum absolute atomic E-state index is 13.5. The molecule has 0 bridgehead atoms. The number of hydrogen-bond acceptors (Lipinski definition) is 2. The maximum atomic E-state index is 13.5. The van der Waals surface area contributed by atoms with Crippen LogP contribution < -0.4 is 0 Å². The quantitative estimate of drug-likeness (QED) is 0.946. The SMILES string of the molecule is Cn1cc(CC(O)c2cc(Br)ccc2F)cn1. The molecule has 0 amide bonds. The van der Waals surface area contributed by atoms with Crippen LogP contribution in [0.25, 0.3) is 0 Å². The van der Waals surface area contributed by atoms with E-state index < -0.39 is 11.9 Å². The van der Waals surface area contributed by atoms with Gasteiger partial charge in [0.25, 0.3) is 0 Å². The summed E-state index contributed by atoms with van der Waals surface area (Å²) in [5.41, 5.74) is 1.17. The van der Waals surface area contributed by atoms with Crippen LogP contribution in [0, 0.1) is 5.82 Å². The number of aliphatic hydroxyl groups is 1. The van der Waals surface area contributed by atoms with Crippen molar-refractivity contribution in [3.63, 3.8) is 0 Å². The van der Waals surface area contributed by atoms with Gasteiger partial charge in [-0.2, -0.15) is 5.10 Å². The molecule has 90 valence electrons. The van der Waals surface area contributed by atoms with Crippen molar-refractivity contribution in [3.8, 4) is 0 Å². The van der Waals surface area contributed by atoms with Gasteiger partial charge in [0.2, 0.25) is 0 Å². The first-order valence-corrected chi connectivity index (χ1v) is 5.96. The van der Waals surface area contributed by atoms with Crippen LogP contribution in [0.1, 0.15) is 17.2 Å². The van der Waals surface area contributed by atoms with E-state index in [1.54, 1.807) is 36.3 Å². The van der Waals surface area contributed by atoms with E-state index in [0.717, 1.165) is 10.0 Å². The summed E-state index contributed by atoms with van der Waals surface area (Å²) >= 11 is 3.26. The van der Waals surface area contributed by atoms with Crippen LogP contribution in [0.5, 0.6) is 0 Å². The highest BCUT2D eigenvalue weighted by molar-refractivity contribution is 9.10. The Balaban J connectivity index is 2.19. The molecule has 0 aliphatic carbocycles. The van der Waals surface area contributed by atoms with Crippen LogP contribution in [0.3, 0.4) is 0 Å². The summed E-state index contributed by atoms with van der Waals surface area (Å²) in [4.78, 5) is 0. The van der Waals surface area contributed by atoms with Gasteiger partial charge in [-0.05, 0) is 23.8 Å². The number of aryl methyl sites for hydroxylation is 1. The summed E-state index contributed by atoms with van der Waals surface area (Å²) < 4.78 is 15.9. The van der Waals surface area contributed by atoms with Gasteiger partial charge < -0.3 is 5.11 Å². The first-order valence-electron chi connectivity index (χ1n) is 5.17. The predicted molar refractivity (Wildman–Crippen MR) is 66.0 cm³/mol. The molecular formula is C12H12BrFN2O. The fourth-order valence-electron chi connectivity index (χ4n) is 1.68. The number of benzene rings is 1. The van der Waals surface area contributed by atoms with Gasteiger partial charge in [-0.3, -0.25) is 4.68 Å². The largest absolute Gasteiger partial charge is 0.388 e. The molecule has 5 heteroatoms. The minimum atomic E-state index is -0.864. The molecule has 1 unspecified atom stereocenters. The van der Waals surface area contributed by atoms with Gasteiger partial charge in [0.15, 0.2) is 0 Å². The third kappa shape index (κ3) is 2.92. The monoisotopic (exact) mass is 298 g/mol. The van der Waals surface area contributed by atoms with Crippen molar-refractivity contribution in [2.45, 2.75) is 12.5 Å². The second-order valence-electron chi connectivity index (χ2n) is 3.91. The van der Waals surface area contributed by atoms with Crippen LogP contribution >= 0.6 is 15.9 Å². The average Bonchev–Trinajstić information content (AvgIpc) is 2.67. The normalized spacial score (nSPS) is 12.7. The van der Waals surface area contributed by atoms with E-state index in [4.69, 9.17) is 0 Å². The summed E-state index contributed by atoms with van der Waals surface area (Å²) in [6, 6.07) is 4.54. The van der Waals surface area contributed by atoms with E-state index in [-0.39, 0.29) is 0 Å². The van der Waals surface area contributed by atoms with Crippen LogP contribution in [0.2, 0.25) is 0 Å². The van der Waals surface area contributed by atoms with Gasteiger partial charge >= 0.3 is 0 Å². The van der Waals surface area contributed by atoms with Gasteiger partial charge in [0.1, 0.15) is 5.82 Å². The van der Waals surface area contributed by atoms with Crippen LogP contribution in [-0.4, -0.2) is 14.9 Å². The van der Waals surface area contributed by atoms with Gasteiger partial charge in [0, 0.05) is 29.7 Å². The zero-order chi connectivity index (χ0) is 12.4. The number of nitrogens with zero attached hydrogens (tertiary/aromatic N) is 2. The molecule has 0 radical (unpaired) electrons. The summed E-state index contributed by atoms with van der Waals surface area (Å²) in [6.07, 6.45) is 2.95. The molecule has 1 aromatic carbocycles. The zero-order valence-corrected chi connectivity index (χ0v) is 10.9. The molecule has 0 saturated heterocycles. The number of halogens is 2. The topological polar surface area (TPSA) is 38.0 Å². The Morgan fingerprint density at radius 3 is 2.94 bits per heavy atom. The third-order valence-corrected chi connectivity index (χ3v) is 3.00. The van der Waals surface area contributed by atoms with Crippen molar-refractivity contribution >= 4 is 15.9 Å². The van der Waals surface area contributed by atoms with Crippen LogP contribution in [0.15, 0.2) is 35.1 Å². The number of aliphatic hydroxyl groups excluding tert-OH is 1. The van der Waals surface area contributed by atoms with Crippen molar-refractivity contribution in [1.82, 2.24) is 9.78 Å². The van der Waals surface area contributed by atoms with E-state index >= 15 is 0 Å². The van der Waals surface area contributed by atoms with Gasteiger partial charge in [-0.15, -0.1) is 0 Å². The predicted octanol–water partition coefficient (Wildman–Crippen LogP) is 2.60. The van der Waals surface area contributed by atoms with Crippen molar-refractivity contribution in [3.05, 3.63) is 52.0 Å². The van der Waals surface area contributed by atoms with E-state index in [1.165, 1.54) is 6.07 Å². The molecule has 2 rings (SSSR count). The minimum Gasteiger partial charge on any atom is -0.388 e. The summed E-state index contributed by atoms with van der Waals surface area (Å²) in [7, 11) is 1.80. The average molecular weight is 299 g/mol. The van der Waals surface area contributed by atoms with E-state index in [0.29, 0.717) is 12.0 Å². The Hall–Kier alpha value is -1.20. The molecule has 2 aromatic rings. The lowest BCUT2D eigenvalue weighted by atomic mass is 10.0.